The van der Waals surface area contributed by atoms with Crippen LogP contribution in [0.5, 0.6) is 0 Å². The van der Waals surface area contributed by atoms with Crippen LogP contribution in [0.15, 0.2) is 18.2 Å². The van der Waals surface area contributed by atoms with Crippen molar-refractivity contribution < 1.29 is 0 Å². The summed E-state index contributed by atoms with van der Waals surface area (Å²) in [5, 5.41) is 0.759. The van der Waals surface area contributed by atoms with E-state index in [4.69, 9.17) is 29.6 Å². The molecule has 92 valence electrons. The average Bonchev–Trinajstić information content (AvgIpc) is 3.11. The first kappa shape index (κ1) is 12.8. The normalized spacial score (nSPS) is 15.2. The molecule has 0 spiro atoms. The van der Waals surface area contributed by atoms with Crippen LogP contribution in [-0.4, -0.2) is 22.5 Å². The fraction of sp³-hybridized carbons (Fsp3) is 0.462. The minimum absolute atomic E-state index is 0.396. The van der Waals surface area contributed by atoms with Crippen molar-refractivity contribution in [3.63, 3.8) is 0 Å². The number of hydrogen-bond acceptors (Lipinski definition) is 2. The lowest BCUT2D eigenvalue weighted by Crippen LogP contribution is -2.25. The van der Waals surface area contributed by atoms with E-state index in [1.54, 1.807) is 0 Å². The van der Waals surface area contributed by atoms with E-state index in [-0.39, 0.29) is 0 Å². The van der Waals surface area contributed by atoms with Gasteiger partial charge in [-0.2, -0.15) is 0 Å². The number of nitrogens with zero attached hydrogens (tertiary/aromatic N) is 1. The highest BCUT2D eigenvalue weighted by Crippen LogP contribution is 2.29. The molecular weight excluding hydrogens is 252 g/mol. The maximum absolute atomic E-state index is 6.26. The third kappa shape index (κ3) is 3.18. The van der Waals surface area contributed by atoms with Crippen molar-refractivity contribution in [2.24, 2.45) is 5.73 Å². The zero-order valence-electron chi connectivity index (χ0n) is 9.95. The highest BCUT2D eigenvalue weighted by atomic mass is 35.5. The van der Waals surface area contributed by atoms with Gasteiger partial charge in [0.05, 0.1) is 0 Å². The fourth-order valence-corrected chi connectivity index (χ4v) is 2.35. The van der Waals surface area contributed by atoms with Crippen LogP contribution in [0.25, 0.3) is 0 Å². The van der Waals surface area contributed by atoms with Gasteiger partial charge in [0.2, 0.25) is 0 Å². The number of nitrogens with two attached hydrogens (primary N) is 1. The second-order valence-electron chi connectivity index (χ2n) is 4.46. The van der Waals surface area contributed by atoms with Crippen molar-refractivity contribution >= 4 is 28.8 Å². The quantitative estimate of drug-likeness (QED) is 0.833. The van der Waals surface area contributed by atoms with Crippen LogP contribution in [0.1, 0.15) is 30.9 Å². The lowest BCUT2D eigenvalue weighted by atomic mass is 10.1. The molecule has 2 N–H and O–H groups in total. The highest BCUT2D eigenvalue weighted by Gasteiger charge is 2.27. The van der Waals surface area contributed by atoms with Crippen molar-refractivity contribution in [2.45, 2.75) is 32.4 Å². The van der Waals surface area contributed by atoms with Gasteiger partial charge in [-0.3, -0.25) is 4.90 Å². The summed E-state index contributed by atoms with van der Waals surface area (Å²) in [6, 6.07) is 6.60. The predicted molar refractivity (Wildman–Crippen MR) is 76.4 cm³/mol. The summed E-state index contributed by atoms with van der Waals surface area (Å²) in [6.07, 6.45) is 2.63. The van der Waals surface area contributed by atoms with E-state index in [2.05, 4.69) is 11.8 Å². The molecule has 1 aliphatic carbocycles. The van der Waals surface area contributed by atoms with Gasteiger partial charge in [-0.25, -0.2) is 0 Å². The largest absolute Gasteiger partial charge is 0.389 e. The van der Waals surface area contributed by atoms with Crippen LogP contribution in [0.4, 0.5) is 0 Å². The van der Waals surface area contributed by atoms with Crippen molar-refractivity contribution in [3.05, 3.63) is 34.3 Å². The maximum Gasteiger partial charge on any atom is 0.104 e. The lowest BCUT2D eigenvalue weighted by Gasteiger charge is -2.20. The van der Waals surface area contributed by atoms with Crippen molar-refractivity contribution in [1.82, 2.24) is 4.90 Å². The van der Waals surface area contributed by atoms with Crippen molar-refractivity contribution in [3.8, 4) is 0 Å². The summed E-state index contributed by atoms with van der Waals surface area (Å²) in [7, 11) is 0. The summed E-state index contributed by atoms with van der Waals surface area (Å²) in [6.45, 7) is 4.17. The Morgan fingerprint density at radius 3 is 2.71 bits per heavy atom. The molecule has 4 heteroatoms. The number of thiocarbonyl (C=S) groups is 1. The SMILES string of the molecule is CCN(Cc1ccc(C(N)=S)cc1Cl)C1CC1. The third-order valence-corrected chi connectivity index (χ3v) is 3.77. The first-order chi connectivity index (χ1) is 8.11. The number of benzene rings is 1. The van der Waals surface area contributed by atoms with Gasteiger partial charge in [0.25, 0.3) is 0 Å². The van der Waals surface area contributed by atoms with Gasteiger partial charge in [-0.05, 0) is 31.0 Å². The van der Waals surface area contributed by atoms with E-state index in [0.29, 0.717) is 4.99 Å². The molecule has 0 heterocycles. The van der Waals surface area contributed by atoms with E-state index in [1.807, 2.05) is 18.2 Å². The van der Waals surface area contributed by atoms with E-state index >= 15 is 0 Å². The molecule has 1 saturated carbocycles. The van der Waals surface area contributed by atoms with Gasteiger partial charge in [0, 0.05) is 23.2 Å². The second kappa shape index (κ2) is 5.34. The fourth-order valence-electron chi connectivity index (χ4n) is 1.99. The topological polar surface area (TPSA) is 29.3 Å². The first-order valence-electron chi connectivity index (χ1n) is 5.94. The highest BCUT2D eigenvalue weighted by molar-refractivity contribution is 7.80. The molecule has 0 aliphatic heterocycles. The molecule has 0 unspecified atom stereocenters. The molecule has 0 bridgehead atoms. The summed E-state index contributed by atoms with van der Waals surface area (Å²) in [4.78, 5) is 2.86. The molecule has 0 aromatic heterocycles. The predicted octanol–water partition coefficient (Wildman–Crippen LogP) is 2.96. The third-order valence-electron chi connectivity index (χ3n) is 3.18. The molecule has 0 atom stereocenters. The van der Waals surface area contributed by atoms with Crippen LogP contribution >= 0.6 is 23.8 Å². The standard InChI is InChI=1S/C13H17ClN2S/c1-2-16(11-5-6-11)8-10-4-3-9(13(15)17)7-12(10)14/h3-4,7,11H,2,5-6,8H2,1H3,(H2,15,17). The van der Waals surface area contributed by atoms with Gasteiger partial charge in [-0.1, -0.05) is 42.9 Å². The zero-order valence-corrected chi connectivity index (χ0v) is 11.5. The van der Waals surface area contributed by atoms with Crippen LogP contribution in [0, 0.1) is 0 Å². The Balaban J connectivity index is 2.12. The van der Waals surface area contributed by atoms with Gasteiger partial charge in [-0.15, -0.1) is 0 Å². The Kier molecular flexibility index (Phi) is 4.02. The Morgan fingerprint density at radius 2 is 2.24 bits per heavy atom. The second-order valence-corrected chi connectivity index (χ2v) is 5.31. The molecule has 0 amide bonds. The smallest absolute Gasteiger partial charge is 0.104 e. The summed E-state index contributed by atoms with van der Waals surface area (Å²) >= 11 is 11.2. The van der Waals surface area contributed by atoms with Crippen LogP contribution < -0.4 is 5.73 Å². The van der Waals surface area contributed by atoms with Gasteiger partial charge in [0.1, 0.15) is 4.99 Å². The van der Waals surface area contributed by atoms with Crippen LogP contribution in [0.3, 0.4) is 0 Å². The Bertz CT molecular complexity index is 429. The molecule has 2 rings (SSSR count). The van der Waals surface area contributed by atoms with Crippen LogP contribution in [0.2, 0.25) is 5.02 Å². The number of halogens is 1. The number of hydrogen-bond donors (Lipinski definition) is 1. The minimum atomic E-state index is 0.396. The molecule has 0 radical (unpaired) electrons. The zero-order chi connectivity index (χ0) is 12.4. The van der Waals surface area contributed by atoms with Gasteiger partial charge >= 0.3 is 0 Å². The lowest BCUT2D eigenvalue weighted by molar-refractivity contribution is 0.269. The molecular formula is C13H17ClN2S. The van der Waals surface area contributed by atoms with E-state index < -0.39 is 0 Å². The van der Waals surface area contributed by atoms with E-state index in [1.165, 1.54) is 12.8 Å². The van der Waals surface area contributed by atoms with Crippen molar-refractivity contribution in [2.75, 3.05) is 6.54 Å². The molecule has 1 aromatic rings. The van der Waals surface area contributed by atoms with E-state index in [9.17, 15) is 0 Å². The van der Waals surface area contributed by atoms with Crippen molar-refractivity contribution in [1.29, 1.82) is 0 Å². The van der Waals surface area contributed by atoms with Gasteiger partial charge in [0.15, 0.2) is 0 Å². The molecule has 17 heavy (non-hydrogen) atoms. The summed E-state index contributed by atoms with van der Waals surface area (Å²) in [5.74, 6) is 0. The van der Waals surface area contributed by atoms with Gasteiger partial charge < -0.3 is 5.73 Å². The summed E-state index contributed by atoms with van der Waals surface area (Å²) in [5.41, 5.74) is 7.57. The average molecular weight is 269 g/mol. The Hall–Kier alpha value is -0.640. The molecule has 1 aliphatic rings. The first-order valence-corrected chi connectivity index (χ1v) is 6.72. The Labute approximate surface area is 113 Å². The van der Waals surface area contributed by atoms with E-state index in [0.717, 1.165) is 35.3 Å². The monoisotopic (exact) mass is 268 g/mol. The molecule has 0 saturated heterocycles. The Morgan fingerprint density at radius 1 is 1.53 bits per heavy atom. The maximum atomic E-state index is 6.26. The molecule has 1 fully saturated rings. The van der Waals surface area contributed by atoms with Crippen LogP contribution in [-0.2, 0) is 6.54 Å². The molecule has 1 aromatic carbocycles. The molecule has 2 nitrogen and oxygen atoms in total. The number of rotatable bonds is 5. The minimum Gasteiger partial charge on any atom is -0.389 e. The summed E-state index contributed by atoms with van der Waals surface area (Å²) < 4.78 is 0.